The molecule has 1 heterocycles. The predicted molar refractivity (Wildman–Crippen MR) is 85.6 cm³/mol. The first-order chi connectivity index (χ1) is 9.70. The minimum atomic E-state index is -0.0271. The lowest BCUT2D eigenvalue weighted by Gasteiger charge is -2.05. The summed E-state index contributed by atoms with van der Waals surface area (Å²) in [6.45, 7) is 0. The Hall–Kier alpha value is -1.85. The Balaban J connectivity index is 1.70. The van der Waals surface area contributed by atoms with Gasteiger partial charge in [0.1, 0.15) is 0 Å². The van der Waals surface area contributed by atoms with Gasteiger partial charge in [-0.1, -0.05) is 12.1 Å². The number of thiazole rings is 1. The SMILES string of the molecule is O=C(Cc1ccc(S)cc1)Nc1ccc2ncsc2c1. The molecule has 0 aliphatic rings. The highest BCUT2D eigenvalue weighted by molar-refractivity contribution is 7.80. The van der Waals surface area contributed by atoms with Crippen molar-refractivity contribution in [1.82, 2.24) is 4.98 Å². The number of carbonyl (C=O) groups excluding carboxylic acids is 1. The van der Waals surface area contributed by atoms with E-state index in [2.05, 4.69) is 22.9 Å². The molecule has 3 nitrogen and oxygen atoms in total. The van der Waals surface area contributed by atoms with Crippen LogP contribution in [0.4, 0.5) is 5.69 Å². The molecule has 0 saturated heterocycles. The van der Waals surface area contributed by atoms with Crippen LogP contribution in [0.15, 0.2) is 52.9 Å². The molecule has 20 heavy (non-hydrogen) atoms. The lowest BCUT2D eigenvalue weighted by atomic mass is 10.1. The first-order valence-corrected chi connectivity index (χ1v) is 7.44. The summed E-state index contributed by atoms with van der Waals surface area (Å²) in [6.07, 6.45) is 0.356. The lowest BCUT2D eigenvalue weighted by molar-refractivity contribution is -0.115. The molecular formula is C15H12N2OS2. The number of aromatic nitrogens is 1. The largest absolute Gasteiger partial charge is 0.326 e. The van der Waals surface area contributed by atoms with Gasteiger partial charge in [0.2, 0.25) is 5.91 Å². The van der Waals surface area contributed by atoms with E-state index in [1.165, 1.54) is 0 Å². The summed E-state index contributed by atoms with van der Waals surface area (Å²) in [5.74, 6) is -0.0271. The van der Waals surface area contributed by atoms with Crippen LogP contribution in [-0.4, -0.2) is 10.9 Å². The Bertz CT molecular complexity index is 750. The second kappa shape index (κ2) is 5.64. The number of hydrogen-bond acceptors (Lipinski definition) is 4. The van der Waals surface area contributed by atoms with Crippen molar-refractivity contribution in [2.45, 2.75) is 11.3 Å². The summed E-state index contributed by atoms with van der Waals surface area (Å²) in [5, 5.41) is 2.91. The van der Waals surface area contributed by atoms with Crippen molar-refractivity contribution < 1.29 is 4.79 Å². The Morgan fingerprint density at radius 3 is 2.80 bits per heavy atom. The Morgan fingerprint density at radius 1 is 1.20 bits per heavy atom. The molecule has 0 radical (unpaired) electrons. The van der Waals surface area contributed by atoms with E-state index < -0.39 is 0 Å². The number of carbonyl (C=O) groups is 1. The van der Waals surface area contributed by atoms with Crippen molar-refractivity contribution in [3.05, 3.63) is 53.5 Å². The van der Waals surface area contributed by atoms with Gasteiger partial charge in [-0.25, -0.2) is 4.98 Å². The molecule has 3 rings (SSSR count). The van der Waals surface area contributed by atoms with Crippen LogP contribution < -0.4 is 5.32 Å². The molecule has 100 valence electrons. The van der Waals surface area contributed by atoms with Crippen molar-refractivity contribution >= 4 is 45.8 Å². The number of amides is 1. The molecule has 0 fully saturated rings. The van der Waals surface area contributed by atoms with Gasteiger partial charge in [-0.05, 0) is 35.9 Å². The number of thiol groups is 1. The summed E-state index contributed by atoms with van der Waals surface area (Å²) in [6, 6.07) is 13.3. The highest BCUT2D eigenvalue weighted by Gasteiger charge is 2.05. The zero-order chi connectivity index (χ0) is 13.9. The van der Waals surface area contributed by atoms with Crippen molar-refractivity contribution in [2.75, 3.05) is 5.32 Å². The molecule has 5 heteroatoms. The maximum absolute atomic E-state index is 12.0. The predicted octanol–water partition coefficient (Wildman–Crippen LogP) is 3.77. The van der Waals surface area contributed by atoms with Crippen LogP contribution in [0.25, 0.3) is 10.2 Å². The normalized spacial score (nSPS) is 10.7. The Labute approximate surface area is 126 Å². The third-order valence-electron chi connectivity index (χ3n) is 2.92. The van der Waals surface area contributed by atoms with Crippen molar-refractivity contribution in [3.8, 4) is 0 Å². The molecule has 0 unspecified atom stereocenters. The van der Waals surface area contributed by atoms with Gasteiger partial charge >= 0.3 is 0 Å². The second-order valence-corrected chi connectivity index (χ2v) is 5.83. The highest BCUT2D eigenvalue weighted by Crippen LogP contribution is 2.22. The summed E-state index contributed by atoms with van der Waals surface area (Å²) in [5.41, 5.74) is 4.53. The Morgan fingerprint density at radius 2 is 2.00 bits per heavy atom. The fourth-order valence-corrected chi connectivity index (χ4v) is 2.80. The molecule has 1 amide bonds. The van der Waals surface area contributed by atoms with Crippen LogP contribution in [-0.2, 0) is 11.2 Å². The van der Waals surface area contributed by atoms with E-state index in [0.717, 1.165) is 26.4 Å². The maximum Gasteiger partial charge on any atom is 0.228 e. The van der Waals surface area contributed by atoms with Gasteiger partial charge in [0.05, 0.1) is 22.1 Å². The van der Waals surface area contributed by atoms with Gasteiger partial charge in [-0.2, -0.15) is 0 Å². The van der Waals surface area contributed by atoms with Gasteiger partial charge < -0.3 is 5.32 Å². The Kier molecular flexibility index (Phi) is 3.71. The van der Waals surface area contributed by atoms with Gasteiger partial charge in [-0.15, -0.1) is 24.0 Å². The van der Waals surface area contributed by atoms with Crippen LogP contribution in [0.5, 0.6) is 0 Å². The number of anilines is 1. The molecule has 0 aliphatic heterocycles. The van der Waals surface area contributed by atoms with Crippen LogP contribution in [0.1, 0.15) is 5.56 Å². The third kappa shape index (κ3) is 3.00. The first kappa shape index (κ1) is 13.1. The van der Waals surface area contributed by atoms with Crippen LogP contribution in [0.3, 0.4) is 0 Å². The minimum absolute atomic E-state index is 0.0271. The number of hydrogen-bond donors (Lipinski definition) is 2. The summed E-state index contributed by atoms with van der Waals surface area (Å²) >= 11 is 5.79. The smallest absolute Gasteiger partial charge is 0.228 e. The molecule has 0 aliphatic carbocycles. The summed E-state index contributed by atoms with van der Waals surface area (Å²) < 4.78 is 1.07. The fraction of sp³-hybridized carbons (Fsp3) is 0.0667. The van der Waals surface area contributed by atoms with E-state index in [1.807, 2.05) is 42.5 Å². The van der Waals surface area contributed by atoms with Gasteiger partial charge in [0.25, 0.3) is 0 Å². The summed E-state index contributed by atoms with van der Waals surface area (Å²) in [7, 11) is 0. The number of fused-ring (bicyclic) bond motifs is 1. The van der Waals surface area contributed by atoms with Gasteiger partial charge in [0, 0.05) is 10.6 Å². The molecule has 0 saturated carbocycles. The number of rotatable bonds is 3. The van der Waals surface area contributed by atoms with Gasteiger partial charge in [-0.3, -0.25) is 4.79 Å². The monoisotopic (exact) mass is 300 g/mol. The molecule has 1 aromatic heterocycles. The van der Waals surface area contributed by atoms with Crippen molar-refractivity contribution in [1.29, 1.82) is 0 Å². The molecule has 0 atom stereocenters. The van der Waals surface area contributed by atoms with Crippen LogP contribution in [0, 0.1) is 0 Å². The third-order valence-corrected chi connectivity index (χ3v) is 4.01. The van der Waals surface area contributed by atoms with E-state index in [9.17, 15) is 4.79 Å². The first-order valence-electron chi connectivity index (χ1n) is 6.12. The van der Waals surface area contributed by atoms with Gasteiger partial charge in [0.15, 0.2) is 0 Å². The number of nitrogens with one attached hydrogen (secondary N) is 1. The maximum atomic E-state index is 12.0. The molecule has 1 N–H and O–H groups in total. The standard InChI is InChI=1S/C15H12N2OS2/c18-15(7-10-1-4-12(19)5-2-10)17-11-3-6-13-14(8-11)20-9-16-13/h1-6,8-9,19H,7H2,(H,17,18). The van der Waals surface area contributed by atoms with Crippen molar-refractivity contribution in [3.63, 3.8) is 0 Å². The second-order valence-electron chi connectivity index (χ2n) is 4.43. The van der Waals surface area contributed by atoms with E-state index in [4.69, 9.17) is 0 Å². The van der Waals surface area contributed by atoms with E-state index in [0.29, 0.717) is 6.42 Å². The topological polar surface area (TPSA) is 42.0 Å². The average molecular weight is 300 g/mol. The summed E-state index contributed by atoms with van der Waals surface area (Å²) in [4.78, 5) is 17.1. The zero-order valence-corrected chi connectivity index (χ0v) is 12.2. The number of benzene rings is 2. The zero-order valence-electron chi connectivity index (χ0n) is 10.5. The lowest BCUT2D eigenvalue weighted by Crippen LogP contribution is -2.14. The fourth-order valence-electron chi connectivity index (χ4n) is 1.94. The van der Waals surface area contributed by atoms with E-state index in [1.54, 1.807) is 16.8 Å². The van der Waals surface area contributed by atoms with E-state index >= 15 is 0 Å². The van der Waals surface area contributed by atoms with Crippen LogP contribution >= 0.6 is 24.0 Å². The van der Waals surface area contributed by atoms with Crippen LogP contribution in [0.2, 0.25) is 0 Å². The molecule has 0 spiro atoms. The minimum Gasteiger partial charge on any atom is -0.326 e. The molecule has 3 aromatic rings. The molecular weight excluding hydrogens is 288 g/mol. The van der Waals surface area contributed by atoms with E-state index in [-0.39, 0.29) is 5.91 Å². The average Bonchev–Trinajstić information content (AvgIpc) is 2.89. The molecule has 2 aromatic carbocycles. The molecule has 0 bridgehead atoms. The highest BCUT2D eigenvalue weighted by atomic mass is 32.1. The number of nitrogens with zero attached hydrogens (tertiary/aromatic N) is 1. The quantitative estimate of drug-likeness (QED) is 0.723. The van der Waals surface area contributed by atoms with Crippen molar-refractivity contribution in [2.24, 2.45) is 0 Å².